The Morgan fingerprint density at radius 2 is 1.92 bits per heavy atom. The molecule has 78 valence electrons. The summed E-state index contributed by atoms with van der Waals surface area (Å²) in [5.74, 6) is -0.0378. The fourth-order valence-electron chi connectivity index (χ4n) is 1.47. The fraction of sp³-hybridized carbons (Fsp3) is 0.909. The van der Waals surface area contributed by atoms with Crippen molar-refractivity contribution in [2.75, 3.05) is 0 Å². The summed E-state index contributed by atoms with van der Waals surface area (Å²) in [4.78, 5) is 11.1. The second-order valence-corrected chi connectivity index (χ2v) is 4.56. The zero-order valence-corrected chi connectivity index (χ0v) is 9.26. The van der Waals surface area contributed by atoms with Crippen molar-refractivity contribution in [3.05, 3.63) is 0 Å². The predicted octanol–water partition coefficient (Wildman–Crippen LogP) is 2.54. The summed E-state index contributed by atoms with van der Waals surface area (Å²) in [6.07, 6.45) is 2.88. The number of rotatable bonds is 6. The van der Waals surface area contributed by atoms with E-state index in [0.717, 1.165) is 19.3 Å². The molecule has 0 aromatic carbocycles. The van der Waals surface area contributed by atoms with Gasteiger partial charge < -0.3 is 5.11 Å². The number of Topliss-reactive ketones (excluding diaryl/α,β-unsaturated/α-hetero) is 1. The van der Waals surface area contributed by atoms with Crippen LogP contribution in [0.25, 0.3) is 0 Å². The molecule has 0 aromatic heterocycles. The average Bonchev–Trinajstić information content (AvgIpc) is 2.00. The molecule has 0 fully saturated rings. The van der Waals surface area contributed by atoms with Crippen LogP contribution >= 0.6 is 0 Å². The molecule has 0 saturated heterocycles. The van der Waals surface area contributed by atoms with Gasteiger partial charge in [0.2, 0.25) is 0 Å². The molecule has 0 aliphatic carbocycles. The van der Waals surface area contributed by atoms with Gasteiger partial charge in [-0.3, -0.25) is 4.79 Å². The van der Waals surface area contributed by atoms with Crippen LogP contribution in [0.1, 0.15) is 53.4 Å². The normalized spacial score (nSPS) is 14.2. The highest BCUT2D eigenvalue weighted by molar-refractivity contribution is 5.82. The molecule has 0 aliphatic rings. The molecule has 0 rings (SSSR count). The maximum atomic E-state index is 11.1. The van der Waals surface area contributed by atoms with Crippen molar-refractivity contribution in [3.63, 3.8) is 0 Å². The Balaban J connectivity index is 3.80. The Labute approximate surface area is 81.3 Å². The van der Waals surface area contributed by atoms with Crippen LogP contribution in [0, 0.1) is 5.41 Å². The Morgan fingerprint density at radius 1 is 1.38 bits per heavy atom. The zero-order chi connectivity index (χ0) is 10.5. The molecule has 0 aliphatic heterocycles. The summed E-state index contributed by atoms with van der Waals surface area (Å²) in [6.45, 7) is 8.03. The van der Waals surface area contributed by atoms with Crippen molar-refractivity contribution < 1.29 is 9.90 Å². The topological polar surface area (TPSA) is 37.3 Å². The number of hydrogen-bond acceptors (Lipinski definition) is 2. The van der Waals surface area contributed by atoms with Crippen LogP contribution in [0.3, 0.4) is 0 Å². The van der Waals surface area contributed by atoms with E-state index in [1.54, 1.807) is 0 Å². The molecule has 1 N–H and O–H groups in total. The molecule has 1 unspecified atom stereocenters. The molecule has 0 aromatic rings. The van der Waals surface area contributed by atoms with Gasteiger partial charge in [0, 0.05) is 6.42 Å². The van der Waals surface area contributed by atoms with Gasteiger partial charge in [0.05, 0.1) is 0 Å². The van der Waals surface area contributed by atoms with Crippen LogP contribution in [0.15, 0.2) is 0 Å². The predicted molar refractivity (Wildman–Crippen MR) is 54.6 cm³/mol. The molecular formula is C11H22O2. The SMILES string of the molecule is CCCC(C)(C)CCC(=O)C(C)O. The molecule has 0 amide bonds. The minimum absolute atomic E-state index is 0.0378. The molecule has 2 heteroatoms. The van der Waals surface area contributed by atoms with E-state index in [9.17, 15) is 4.79 Å². The van der Waals surface area contributed by atoms with Gasteiger partial charge in [-0.05, 0) is 25.2 Å². The molecule has 0 radical (unpaired) electrons. The van der Waals surface area contributed by atoms with Crippen LogP contribution in [-0.4, -0.2) is 17.0 Å². The lowest BCUT2D eigenvalue weighted by Crippen LogP contribution is -2.19. The van der Waals surface area contributed by atoms with Crippen molar-refractivity contribution in [3.8, 4) is 0 Å². The lowest BCUT2D eigenvalue weighted by atomic mass is 9.82. The van der Waals surface area contributed by atoms with Gasteiger partial charge in [-0.1, -0.05) is 27.2 Å². The molecule has 13 heavy (non-hydrogen) atoms. The van der Waals surface area contributed by atoms with E-state index in [0.29, 0.717) is 6.42 Å². The summed E-state index contributed by atoms with van der Waals surface area (Å²) in [6, 6.07) is 0. The van der Waals surface area contributed by atoms with Gasteiger partial charge in [0.25, 0.3) is 0 Å². The van der Waals surface area contributed by atoms with Gasteiger partial charge in [0.1, 0.15) is 6.10 Å². The summed E-state index contributed by atoms with van der Waals surface area (Å²) < 4.78 is 0. The highest BCUT2D eigenvalue weighted by Gasteiger charge is 2.19. The molecule has 0 spiro atoms. The van der Waals surface area contributed by atoms with Crippen LogP contribution in [0.5, 0.6) is 0 Å². The number of carbonyl (C=O) groups excluding carboxylic acids is 1. The van der Waals surface area contributed by atoms with E-state index in [1.807, 2.05) is 0 Å². The van der Waals surface area contributed by atoms with E-state index in [1.165, 1.54) is 6.92 Å². The second-order valence-electron chi connectivity index (χ2n) is 4.56. The van der Waals surface area contributed by atoms with Crippen LogP contribution in [-0.2, 0) is 4.79 Å². The Hall–Kier alpha value is -0.370. The monoisotopic (exact) mass is 186 g/mol. The van der Waals surface area contributed by atoms with E-state index < -0.39 is 6.10 Å². The Kier molecular flexibility index (Phi) is 5.23. The summed E-state index contributed by atoms with van der Waals surface area (Å²) >= 11 is 0. The first kappa shape index (κ1) is 12.6. The van der Waals surface area contributed by atoms with Gasteiger partial charge in [-0.15, -0.1) is 0 Å². The van der Waals surface area contributed by atoms with Crippen LogP contribution in [0.4, 0.5) is 0 Å². The highest BCUT2D eigenvalue weighted by atomic mass is 16.3. The van der Waals surface area contributed by atoms with Crippen LogP contribution in [0.2, 0.25) is 0 Å². The standard InChI is InChI=1S/C11H22O2/c1-5-7-11(3,4)8-6-10(13)9(2)12/h9,12H,5-8H2,1-4H3. The Morgan fingerprint density at radius 3 is 2.31 bits per heavy atom. The molecular weight excluding hydrogens is 164 g/mol. The third kappa shape index (κ3) is 5.81. The van der Waals surface area contributed by atoms with E-state index in [-0.39, 0.29) is 11.2 Å². The molecule has 0 bridgehead atoms. The minimum Gasteiger partial charge on any atom is -0.386 e. The van der Waals surface area contributed by atoms with Crippen molar-refractivity contribution >= 4 is 5.78 Å². The first-order chi connectivity index (χ1) is 5.89. The lowest BCUT2D eigenvalue weighted by Gasteiger charge is -2.23. The molecule has 0 heterocycles. The van der Waals surface area contributed by atoms with Gasteiger partial charge in [0.15, 0.2) is 5.78 Å². The average molecular weight is 186 g/mol. The quantitative estimate of drug-likeness (QED) is 0.692. The highest BCUT2D eigenvalue weighted by Crippen LogP contribution is 2.28. The first-order valence-electron chi connectivity index (χ1n) is 5.10. The van der Waals surface area contributed by atoms with Crippen molar-refractivity contribution in [2.45, 2.75) is 59.5 Å². The maximum Gasteiger partial charge on any atom is 0.160 e. The number of ketones is 1. The largest absolute Gasteiger partial charge is 0.386 e. The van der Waals surface area contributed by atoms with Gasteiger partial charge in [-0.2, -0.15) is 0 Å². The van der Waals surface area contributed by atoms with E-state index in [4.69, 9.17) is 5.11 Å². The molecule has 0 saturated carbocycles. The van der Waals surface area contributed by atoms with Crippen molar-refractivity contribution in [1.82, 2.24) is 0 Å². The number of hydrogen-bond donors (Lipinski definition) is 1. The number of aliphatic hydroxyl groups excluding tert-OH is 1. The van der Waals surface area contributed by atoms with Crippen molar-refractivity contribution in [1.29, 1.82) is 0 Å². The van der Waals surface area contributed by atoms with Crippen molar-refractivity contribution in [2.24, 2.45) is 5.41 Å². The molecule has 1 atom stereocenters. The summed E-state index contributed by atoms with van der Waals surface area (Å²) in [7, 11) is 0. The lowest BCUT2D eigenvalue weighted by molar-refractivity contribution is -0.126. The fourth-order valence-corrected chi connectivity index (χ4v) is 1.47. The third-order valence-electron chi connectivity index (χ3n) is 2.44. The van der Waals surface area contributed by atoms with Gasteiger partial charge >= 0.3 is 0 Å². The van der Waals surface area contributed by atoms with E-state index >= 15 is 0 Å². The van der Waals surface area contributed by atoms with Crippen LogP contribution < -0.4 is 0 Å². The Bertz CT molecular complexity index is 159. The smallest absolute Gasteiger partial charge is 0.160 e. The maximum absolute atomic E-state index is 11.1. The second kappa shape index (κ2) is 5.38. The minimum atomic E-state index is -0.794. The first-order valence-corrected chi connectivity index (χ1v) is 5.10. The number of aliphatic hydroxyl groups is 1. The van der Waals surface area contributed by atoms with Gasteiger partial charge in [-0.25, -0.2) is 0 Å². The third-order valence-corrected chi connectivity index (χ3v) is 2.44. The number of carbonyl (C=O) groups is 1. The zero-order valence-electron chi connectivity index (χ0n) is 9.26. The molecule has 2 nitrogen and oxygen atoms in total. The summed E-state index contributed by atoms with van der Waals surface area (Å²) in [5.41, 5.74) is 0.235. The summed E-state index contributed by atoms with van der Waals surface area (Å²) in [5, 5.41) is 9.00. The van der Waals surface area contributed by atoms with E-state index in [2.05, 4.69) is 20.8 Å².